The first-order valence-corrected chi connectivity index (χ1v) is 5.41. The number of nitrogens with two attached hydrogens (primary N) is 1. The van der Waals surface area contributed by atoms with Crippen LogP contribution in [0.4, 0.5) is 15.8 Å². The Morgan fingerprint density at radius 3 is 2.75 bits per heavy atom. The summed E-state index contributed by atoms with van der Waals surface area (Å²) in [5, 5.41) is 10.7. The minimum Gasteiger partial charge on any atom is -0.393 e. The second-order valence-corrected chi connectivity index (χ2v) is 3.97. The van der Waals surface area contributed by atoms with Crippen LogP contribution in [-0.2, 0) is 6.54 Å². The number of para-hydroxylation sites is 1. The number of aromatic nitrogens is 2. The SMILES string of the molecule is Nc1c(Cn2cc(F)c(=O)[nH]c2=O)cccc1[N+](=O)[O-]. The monoisotopic (exact) mass is 280 g/mol. The van der Waals surface area contributed by atoms with E-state index in [-0.39, 0.29) is 23.5 Å². The van der Waals surface area contributed by atoms with Crippen LogP contribution in [-0.4, -0.2) is 14.5 Å². The molecule has 20 heavy (non-hydrogen) atoms. The zero-order valence-electron chi connectivity index (χ0n) is 10.00. The zero-order chi connectivity index (χ0) is 14.9. The number of nitrogens with zero attached hydrogens (tertiary/aromatic N) is 2. The molecule has 2 rings (SSSR count). The van der Waals surface area contributed by atoms with E-state index < -0.39 is 22.0 Å². The molecular formula is C11H9FN4O4. The molecule has 0 saturated carbocycles. The van der Waals surface area contributed by atoms with Crippen LogP contribution in [0.25, 0.3) is 0 Å². The average Bonchev–Trinajstić information content (AvgIpc) is 2.37. The predicted octanol–water partition coefficient (Wildman–Crippen LogP) is 0.214. The van der Waals surface area contributed by atoms with Gasteiger partial charge in [0.05, 0.1) is 17.7 Å². The minimum atomic E-state index is -1.13. The lowest BCUT2D eigenvalue weighted by atomic mass is 10.1. The number of halogens is 1. The lowest BCUT2D eigenvalue weighted by Crippen LogP contribution is -2.31. The van der Waals surface area contributed by atoms with E-state index in [4.69, 9.17) is 5.73 Å². The van der Waals surface area contributed by atoms with E-state index in [0.717, 1.165) is 10.8 Å². The molecule has 0 fully saturated rings. The molecule has 1 aromatic heterocycles. The molecule has 9 heteroatoms. The fourth-order valence-corrected chi connectivity index (χ4v) is 1.68. The molecule has 2 aromatic rings. The van der Waals surface area contributed by atoms with Crippen molar-refractivity contribution >= 4 is 11.4 Å². The van der Waals surface area contributed by atoms with Crippen LogP contribution >= 0.6 is 0 Å². The third kappa shape index (κ3) is 2.41. The molecule has 0 aliphatic heterocycles. The maximum Gasteiger partial charge on any atom is 0.328 e. The molecule has 0 radical (unpaired) electrons. The van der Waals surface area contributed by atoms with Crippen LogP contribution < -0.4 is 17.0 Å². The largest absolute Gasteiger partial charge is 0.393 e. The Bertz CT molecular complexity index is 796. The first-order valence-electron chi connectivity index (χ1n) is 5.41. The Morgan fingerprint density at radius 2 is 2.10 bits per heavy atom. The second-order valence-electron chi connectivity index (χ2n) is 3.97. The lowest BCUT2D eigenvalue weighted by Gasteiger charge is -2.08. The summed E-state index contributed by atoms with van der Waals surface area (Å²) in [6.07, 6.45) is 0.722. The molecule has 0 spiro atoms. The number of nitrogens with one attached hydrogen (secondary N) is 1. The molecule has 1 heterocycles. The van der Waals surface area contributed by atoms with Crippen molar-refractivity contribution in [1.29, 1.82) is 0 Å². The van der Waals surface area contributed by atoms with Crippen molar-refractivity contribution in [1.82, 2.24) is 9.55 Å². The van der Waals surface area contributed by atoms with Crippen LogP contribution in [0.5, 0.6) is 0 Å². The van der Waals surface area contributed by atoms with Gasteiger partial charge in [-0.15, -0.1) is 0 Å². The average molecular weight is 280 g/mol. The highest BCUT2D eigenvalue weighted by molar-refractivity contribution is 5.62. The maximum absolute atomic E-state index is 13.1. The Morgan fingerprint density at radius 1 is 1.40 bits per heavy atom. The van der Waals surface area contributed by atoms with Gasteiger partial charge in [0.25, 0.3) is 11.2 Å². The van der Waals surface area contributed by atoms with Crippen molar-refractivity contribution in [3.63, 3.8) is 0 Å². The van der Waals surface area contributed by atoms with Crippen molar-refractivity contribution in [3.05, 3.63) is 66.7 Å². The Balaban J connectivity index is 2.48. The van der Waals surface area contributed by atoms with E-state index in [1.54, 1.807) is 4.98 Å². The molecule has 0 amide bonds. The number of nitro groups is 1. The van der Waals surface area contributed by atoms with E-state index in [9.17, 15) is 24.1 Å². The molecule has 0 bridgehead atoms. The number of hydrogen-bond acceptors (Lipinski definition) is 5. The van der Waals surface area contributed by atoms with E-state index in [0.29, 0.717) is 0 Å². The standard InChI is InChI=1S/C11H9FN4O4/c12-7-5-15(11(18)14-10(7)17)4-6-2-1-3-8(9(6)13)16(19)20/h1-3,5H,4,13H2,(H,14,17,18). The molecule has 0 saturated heterocycles. The molecule has 3 N–H and O–H groups in total. The highest BCUT2D eigenvalue weighted by Crippen LogP contribution is 2.24. The van der Waals surface area contributed by atoms with E-state index in [1.807, 2.05) is 0 Å². The molecule has 0 aliphatic rings. The number of nitrogen functional groups attached to an aromatic ring is 1. The summed E-state index contributed by atoms with van der Waals surface area (Å²) in [6.45, 7) is -0.194. The first-order chi connectivity index (χ1) is 9.40. The van der Waals surface area contributed by atoms with Crippen LogP contribution in [0, 0.1) is 15.9 Å². The molecule has 104 valence electrons. The summed E-state index contributed by atoms with van der Waals surface area (Å²) in [5.74, 6) is -1.13. The molecular weight excluding hydrogens is 271 g/mol. The van der Waals surface area contributed by atoms with Gasteiger partial charge in [-0.3, -0.25) is 24.5 Å². The summed E-state index contributed by atoms with van der Waals surface area (Å²) in [5.41, 5.74) is 3.52. The van der Waals surface area contributed by atoms with Gasteiger partial charge in [0.1, 0.15) is 5.69 Å². The van der Waals surface area contributed by atoms with Crippen LogP contribution in [0.1, 0.15) is 5.56 Å². The number of anilines is 1. The summed E-state index contributed by atoms with van der Waals surface area (Å²) in [7, 11) is 0. The van der Waals surface area contributed by atoms with Gasteiger partial charge < -0.3 is 5.73 Å². The number of benzene rings is 1. The van der Waals surface area contributed by atoms with Gasteiger partial charge in [-0.25, -0.2) is 4.79 Å². The second kappa shape index (κ2) is 4.96. The van der Waals surface area contributed by atoms with E-state index >= 15 is 0 Å². The van der Waals surface area contributed by atoms with Gasteiger partial charge >= 0.3 is 5.69 Å². The molecule has 8 nitrogen and oxygen atoms in total. The highest BCUT2D eigenvalue weighted by Gasteiger charge is 2.15. The third-order valence-corrected chi connectivity index (χ3v) is 2.68. The first kappa shape index (κ1) is 13.5. The third-order valence-electron chi connectivity index (χ3n) is 2.68. The zero-order valence-corrected chi connectivity index (χ0v) is 10.00. The Labute approximate surface area is 110 Å². The summed E-state index contributed by atoms with van der Waals surface area (Å²) >= 11 is 0. The van der Waals surface area contributed by atoms with Crippen molar-refractivity contribution in [2.75, 3.05) is 5.73 Å². The summed E-state index contributed by atoms with van der Waals surface area (Å²) in [6, 6.07) is 4.09. The van der Waals surface area contributed by atoms with Crippen molar-refractivity contribution in [2.45, 2.75) is 6.54 Å². The predicted molar refractivity (Wildman–Crippen MR) is 67.9 cm³/mol. The quantitative estimate of drug-likeness (QED) is 0.472. The van der Waals surface area contributed by atoms with Crippen molar-refractivity contribution in [3.8, 4) is 0 Å². The number of nitro benzene ring substituents is 1. The number of hydrogen-bond donors (Lipinski definition) is 2. The van der Waals surface area contributed by atoms with E-state index in [1.165, 1.54) is 18.2 Å². The number of H-pyrrole nitrogens is 1. The van der Waals surface area contributed by atoms with Gasteiger partial charge in [0, 0.05) is 11.6 Å². The molecule has 0 atom stereocenters. The van der Waals surface area contributed by atoms with Crippen LogP contribution in [0.15, 0.2) is 34.0 Å². The lowest BCUT2D eigenvalue weighted by molar-refractivity contribution is -0.383. The van der Waals surface area contributed by atoms with Crippen LogP contribution in [0.3, 0.4) is 0 Å². The smallest absolute Gasteiger partial charge is 0.328 e. The Kier molecular flexibility index (Phi) is 3.34. The minimum absolute atomic E-state index is 0.115. The van der Waals surface area contributed by atoms with Crippen molar-refractivity contribution < 1.29 is 9.31 Å². The van der Waals surface area contributed by atoms with Gasteiger partial charge in [0.2, 0.25) is 5.82 Å². The maximum atomic E-state index is 13.1. The topological polar surface area (TPSA) is 124 Å². The van der Waals surface area contributed by atoms with Crippen molar-refractivity contribution in [2.24, 2.45) is 0 Å². The number of aromatic amines is 1. The molecule has 0 unspecified atom stereocenters. The molecule has 1 aromatic carbocycles. The van der Waals surface area contributed by atoms with Gasteiger partial charge in [-0.1, -0.05) is 12.1 Å². The summed E-state index contributed by atoms with van der Waals surface area (Å²) < 4.78 is 14.0. The van der Waals surface area contributed by atoms with Gasteiger partial charge in [-0.05, 0) is 0 Å². The fraction of sp³-hybridized carbons (Fsp3) is 0.0909. The highest BCUT2D eigenvalue weighted by atomic mass is 19.1. The normalized spacial score (nSPS) is 10.4. The van der Waals surface area contributed by atoms with Gasteiger partial charge in [-0.2, -0.15) is 4.39 Å². The fourth-order valence-electron chi connectivity index (χ4n) is 1.68. The van der Waals surface area contributed by atoms with E-state index in [2.05, 4.69) is 0 Å². The van der Waals surface area contributed by atoms with Crippen LogP contribution in [0.2, 0.25) is 0 Å². The molecule has 0 aliphatic carbocycles. The summed E-state index contributed by atoms with van der Waals surface area (Å²) in [4.78, 5) is 34.3. The Hall–Kier alpha value is -2.97. The van der Waals surface area contributed by atoms with Gasteiger partial charge in [0.15, 0.2) is 0 Å². The number of rotatable bonds is 3.